The van der Waals surface area contributed by atoms with Gasteiger partial charge in [-0.25, -0.2) is 4.79 Å². The topological polar surface area (TPSA) is 58.1 Å². The number of isocyanates is 1. The third-order valence-corrected chi connectivity index (χ3v) is 4.05. The molecule has 0 bridgehead atoms. The van der Waals surface area contributed by atoms with Crippen LogP contribution in [0, 0.1) is 0 Å². The Bertz CT molecular complexity index is 624. The van der Waals surface area contributed by atoms with Crippen LogP contribution < -0.4 is 0 Å². The zero-order valence-electron chi connectivity index (χ0n) is 9.03. The highest BCUT2D eigenvalue weighted by Crippen LogP contribution is 2.47. The van der Waals surface area contributed by atoms with Gasteiger partial charge < -0.3 is 0 Å². The second-order valence-corrected chi connectivity index (χ2v) is 5.12. The molecule has 0 saturated heterocycles. The van der Waals surface area contributed by atoms with Gasteiger partial charge in [0.05, 0.1) is 11.1 Å². The zero-order valence-corrected chi connectivity index (χ0v) is 10.6. The first-order chi connectivity index (χ1) is 8.27. The lowest BCUT2D eigenvalue weighted by atomic mass is 9.71. The average Bonchev–Trinajstić information content (AvgIpc) is 2.66. The lowest BCUT2D eigenvalue weighted by Gasteiger charge is -2.37. The number of benzene rings is 1. The summed E-state index contributed by atoms with van der Waals surface area (Å²) in [5, 5.41) is 8.12. The van der Waals surface area contributed by atoms with Crippen LogP contribution >= 0.6 is 15.9 Å². The molecule has 1 aliphatic carbocycles. The maximum absolute atomic E-state index is 10.6. The molecule has 17 heavy (non-hydrogen) atoms. The van der Waals surface area contributed by atoms with E-state index in [0.717, 1.165) is 40.3 Å². The minimum atomic E-state index is -0.381. The molecule has 1 aromatic carbocycles. The number of aromatic amines is 1. The predicted octanol–water partition coefficient (Wildman–Crippen LogP) is 3.04. The molecule has 3 rings (SSSR count). The summed E-state index contributed by atoms with van der Waals surface area (Å²) in [6.07, 6.45) is 4.61. The quantitative estimate of drug-likeness (QED) is 0.683. The van der Waals surface area contributed by atoms with Gasteiger partial charge in [0, 0.05) is 5.39 Å². The van der Waals surface area contributed by atoms with E-state index in [4.69, 9.17) is 0 Å². The van der Waals surface area contributed by atoms with Crippen molar-refractivity contribution in [1.29, 1.82) is 0 Å². The second-order valence-electron chi connectivity index (χ2n) is 4.33. The highest BCUT2D eigenvalue weighted by Gasteiger charge is 2.40. The summed E-state index contributed by atoms with van der Waals surface area (Å²) in [4.78, 5) is 14.7. The molecule has 2 aromatic rings. The number of H-pyrrole nitrogens is 1. The van der Waals surface area contributed by atoms with Gasteiger partial charge in [0.15, 0.2) is 0 Å². The van der Waals surface area contributed by atoms with Crippen molar-refractivity contribution in [3.8, 4) is 0 Å². The fraction of sp³-hybridized carbons (Fsp3) is 0.333. The van der Waals surface area contributed by atoms with Crippen LogP contribution in [0.5, 0.6) is 0 Å². The number of rotatable bonds is 2. The van der Waals surface area contributed by atoms with Gasteiger partial charge in [-0.2, -0.15) is 10.1 Å². The van der Waals surface area contributed by atoms with Crippen LogP contribution in [0.2, 0.25) is 0 Å². The summed E-state index contributed by atoms with van der Waals surface area (Å²) in [5.41, 5.74) is 1.57. The third kappa shape index (κ3) is 1.47. The lowest BCUT2D eigenvalue weighted by molar-refractivity contribution is 0.258. The van der Waals surface area contributed by atoms with Crippen LogP contribution in [0.15, 0.2) is 27.8 Å². The number of aromatic nitrogens is 2. The molecular weight excluding hydrogens is 282 g/mol. The van der Waals surface area contributed by atoms with E-state index in [-0.39, 0.29) is 5.54 Å². The number of hydrogen-bond donors (Lipinski definition) is 1. The van der Waals surface area contributed by atoms with Gasteiger partial charge in [0.1, 0.15) is 4.60 Å². The van der Waals surface area contributed by atoms with E-state index in [2.05, 4.69) is 31.1 Å². The first-order valence-corrected chi connectivity index (χ1v) is 6.28. The Morgan fingerprint density at radius 3 is 2.94 bits per heavy atom. The Morgan fingerprint density at radius 2 is 2.29 bits per heavy atom. The van der Waals surface area contributed by atoms with Crippen LogP contribution in [-0.2, 0) is 10.3 Å². The molecule has 0 aliphatic heterocycles. The minimum absolute atomic E-state index is 0.381. The standard InChI is InChI=1S/C12H10BrN3O/c13-11-10-8(3-1-4-9(10)15-16-11)12(14-7-17)5-2-6-12/h1,3-4H,2,5-6H2,(H,15,16). The summed E-state index contributed by atoms with van der Waals surface area (Å²) >= 11 is 3.46. The Morgan fingerprint density at radius 1 is 1.47 bits per heavy atom. The van der Waals surface area contributed by atoms with Crippen molar-refractivity contribution < 1.29 is 4.79 Å². The molecule has 1 heterocycles. The molecule has 4 nitrogen and oxygen atoms in total. The summed E-state index contributed by atoms with van der Waals surface area (Å²) in [5.74, 6) is 0. The van der Waals surface area contributed by atoms with Crippen molar-refractivity contribution >= 4 is 32.9 Å². The van der Waals surface area contributed by atoms with Crippen LogP contribution in [0.1, 0.15) is 24.8 Å². The number of nitrogens with zero attached hydrogens (tertiary/aromatic N) is 2. The zero-order chi connectivity index (χ0) is 11.9. The molecule has 0 spiro atoms. The van der Waals surface area contributed by atoms with Gasteiger partial charge in [-0.15, -0.1) is 0 Å². The Labute approximate surface area is 106 Å². The Hall–Kier alpha value is -1.45. The van der Waals surface area contributed by atoms with E-state index in [1.165, 1.54) is 0 Å². The lowest BCUT2D eigenvalue weighted by Crippen LogP contribution is -2.32. The first-order valence-electron chi connectivity index (χ1n) is 5.49. The number of carbonyl (C=O) groups excluding carboxylic acids is 1. The third-order valence-electron chi connectivity index (χ3n) is 3.48. The summed E-state index contributed by atoms with van der Waals surface area (Å²) in [6, 6.07) is 5.91. The maximum atomic E-state index is 10.6. The fourth-order valence-electron chi connectivity index (χ4n) is 2.46. The predicted molar refractivity (Wildman–Crippen MR) is 67.4 cm³/mol. The molecule has 5 heteroatoms. The van der Waals surface area contributed by atoms with Crippen LogP contribution in [0.3, 0.4) is 0 Å². The highest BCUT2D eigenvalue weighted by molar-refractivity contribution is 9.10. The number of hydrogen-bond acceptors (Lipinski definition) is 3. The van der Waals surface area contributed by atoms with Crippen LogP contribution in [-0.4, -0.2) is 16.3 Å². The molecule has 1 saturated carbocycles. The SMILES string of the molecule is O=C=NC1(c2cccc3n[nH]c(Br)c23)CCC1. The Balaban J connectivity index is 2.29. The number of halogens is 1. The van der Waals surface area contributed by atoms with E-state index in [9.17, 15) is 4.79 Å². The molecule has 0 amide bonds. The molecule has 86 valence electrons. The molecule has 0 atom stereocenters. The van der Waals surface area contributed by atoms with E-state index in [1.54, 1.807) is 6.08 Å². The summed E-state index contributed by atoms with van der Waals surface area (Å²) in [6.45, 7) is 0. The fourth-order valence-corrected chi connectivity index (χ4v) is 2.96. The number of nitrogens with one attached hydrogen (secondary N) is 1. The van der Waals surface area contributed by atoms with E-state index >= 15 is 0 Å². The van der Waals surface area contributed by atoms with Crippen molar-refractivity contribution in [3.05, 3.63) is 28.4 Å². The van der Waals surface area contributed by atoms with E-state index < -0.39 is 0 Å². The molecule has 0 unspecified atom stereocenters. The highest BCUT2D eigenvalue weighted by atomic mass is 79.9. The first kappa shape index (κ1) is 10.7. The molecule has 1 N–H and O–H groups in total. The van der Waals surface area contributed by atoms with Crippen LogP contribution in [0.4, 0.5) is 0 Å². The Kier molecular flexibility index (Phi) is 2.38. The molecule has 0 radical (unpaired) electrons. The monoisotopic (exact) mass is 291 g/mol. The van der Waals surface area contributed by atoms with Gasteiger partial charge in [-0.05, 0) is 46.8 Å². The smallest absolute Gasteiger partial charge is 0.235 e. The van der Waals surface area contributed by atoms with E-state index in [1.807, 2.05) is 18.2 Å². The van der Waals surface area contributed by atoms with E-state index in [0.29, 0.717) is 0 Å². The van der Waals surface area contributed by atoms with Crippen molar-refractivity contribution in [2.24, 2.45) is 4.99 Å². The van der Waals surface area contributed by atoms with Crippen molar-refractivity contribution in [1.82, 2.24) is 10.2 Å². The van der Waals surface area contributed by atoms with Crippen molar-refractivity contribution in [2.45, 2.75) is 24.8 Å². The van der Waals surface area contributed by atoms with Gasteiger partial charge in [-0.1, -0.05) is 12.1 Å². The number of fused-ring (bicyclic) bond motifs is 1. The maximum Gasteiger partial charge on any atom is 0.235 e. The van der Waals surface area contributed by atoms with Gasteiger partial charge in [-0.3, -0.25) is 5.10 Å². The molecule has 1 fully saturated rings. The second kappa shape index (κ2) is 3.79. The van der Waals surface area contributed by atoms with Crippen molar-refractivity contribution in [2.75, 3.05) is 0 Å². The van der Waals surface area contributed by atoms with Crippen LogP contribution in [0.25, 0.3) is 10.9 Å². The molecule has 1 aromatic heterocycles. The number of aliphatic imine (C=N–C) groups is 1. The van der Waals surface area contributed by atoms with Gasteiger partial charge in [0.25, 0.3) is 0 Å². The largest absolute Gasteiger partial charge is 0.270 e. The minimum Gasteiger partial charge on any atom is -0.270 e. The van der Waals surface area contributed by atoms with Crippen molar-refractivity contribution in [3.63, 3.8) is 0 Å². The normalized spacial score (nSPS) is 17.5. The van der Waals surface area contributed by atoms with Gasteiger partial charge >= 0.3 is 0 Å². The average molecular weight is 292 g/mol. The van der Waals surface area contributed by atoms with Gasteiger partial charge in [0.2, 0.25) is 6.08 Å². The molecular formula is C12H10BrN3O. The molecule has 1 aliphatic rings. The summed E-state index contributed by atoms with van der Waals surface area (Å²) in [7, 11) is 0. The summed E-state index contributed by atoms with van der Waals surface area (Å²) < 4.78 is 0.843.